The van der Waals surface area contributed by atoms with E-state index in [0.29, 0.717) is 5.56 Å². The van der Waals surface area contributed by atoms with Crippen molar-refractivity contribution in [2.45, 2.75) is 12.7 Å². The number of hydrogen-bond acceptors (Lipinski definition) is 3. The van der Waals surface area contributed by atoms with Crippen molar-refractivity contribution in [3.8, 4) is 0 Å². The fourth-order valence-corrected chi connectivity index (χ4v) is 1.63. The van der Waals surface area contributed by atoms with Crippen LogP contribution in [0.25, 0.3) is 0 Å². The maximum atomic E-state index is 13.1. The van der Waals surface area contributed by atoms with Crippen LogP contribution in [-0.2, 0) is 6.54 Å². The van der Waals surface area contributed by atoms with Crippen LogP contribution in [0.4, 0.5) is 17.6 Å². The first-order chi connectivity index (χ1) is 8.73. The topological polar surface area (TPSA) is 61.8 Å². The maximum Gasteiger partial charge on any atom is 0.401 e. The van der Waals surface area contributed by atoms with Crippen molar-refractivity contribution >= 4 is 5.84 Å². The van der Waals surface area contributed by atoms with E-state index in [1.165, 1.54) is 13.1 Å². The Hall–Kier alpha value is -1.83. The Balaban J connectivity index is 2.95. The molecule has 1 rings (SSSR count). The highest BCUT2D eigenvalue weighted by atomic mass is 19.4. The van der Waals surface area contributed by atoms with Gasteiger partial charge < -0.3 is 10.9 Å². The summed E-state index contributed by atoms with van der Waals surface area (Å²) >= 11 is 0. The number of benzene rings is 1. The molecule has 19 heavy (non-hydrogen) atoms. The Bertz CT molecular complexity index is 473. The summed E-state index contributed by atoms with van der Waals surface area (Å²) in [7, 11) is 1.27. The predicted octanol–water partition coefficient (Wildman–Crippen LogP) is 1.91. The zero-order valence-electron chi connectivity index (χ0n) is 10.1. The predicted molar refractivity (Wildman–Crippen MR) is 61.3 cm³/mol. The molecule has 0 heterocycles. The molecule has 0 saturated heterocycles. The number of amidine groups is 1. The Morgan fingerprint density at radius 3 is 2.58 bits per heavy atom. The van der Waals surface area contributed by atoms with Crippen LogP contribution >= 0.6 is 0 Å². The molecule has 0 saturated carbocycles. The normalized spacial score (nSPS) is 13.1. The van der Waals surface area contributed by atoms with E-state index < -0.39 is 18.5 Å². The summed E-state index contributed by atoms with van der Waals surface area (Å²) in [5, 5.41) is 11.3. The highest BCUT2D eigenvalue weighted by Gasteiger charge is 2.29. The average molecular weight is 279 g/mol. The molecule has 3 N–H and O–H groups in total. The summed E-state index contributed by atoms with van der Waals surface area (Å²) in [5.74, 6) is -0.973. The van der Waals surface area contributed by atoms with E-state index in [9.17, 15) is 17.6 Å². The van der Waals surface area contributed by atoms with Crippen molar-refractivity contribution in [3.05, 3.63) is 35.1 Å². The molecule has 0 unspecified atom stereocenters. The van der Waals surface area contributed by atoms with Crippen LogP contribution in [0.1, 0.15) is 11.1 Å². The minimum absolute atomic E-state index is 0.0662. The largest absolute Gasteiger partial charge is 0.409 e. The molecule has 0 amide bonds. The third kappa shape index (κ3) is 4.74. The smallest absolute Gasteiger partial charge is 0.401 e. The van der Waals surface area contributed by atoms with Crippen molar-refractivity contribution in [2.75, 3.05) is 13.6 Å². The highest BCUT2D eigenvalue weighted by molar-refractivity contribution is 5.98. The van der Waals surface area contributed by atoms with E-state index in [1.54, 1.807) is 0 Å². The van der Waals surface area contributed by atoms with Crippen LogP contribution in [0.5, 0.6) is 0 Å². The molecular weight excluding hydrogens is 266 g/mol. The van der Waals surface area contributed by atoms with Crippen LogP contribution < -0.4 is 5.73 Å². The van der Waals surface area contributed by atoms with Crippen LogP contribution in [0, 0.1) is 5.82 Å². The van der Waals surface area contributed by atoms with Crippen LogP contribution in [0.2, 0.25) is 0 Å². The van der Waals surface area contributed by atoms with Gasteiger partial charge in [0.05, 0.1) is 6.54 Å². The third-order valence-electron chi connectivity index (χ3n) is 2.35. The second-order valence-corrected chi connectivity index (χ2v) is 4.07. The fraction of sp³-hybridized carbons (Fsp3) is 0.364. The van der Waals surface area contributed by atoms with Crippen LogP contribution in [-0.4, -0.2) is 35.7 Å². The van der Waals surface area contributed by atoms with Crippen molar-refractivity contribution in [1.82, 2.24) is 4.90 Å². The molecular formula is C11H13F4N3O. The van der Waals surface area contributed by atoms with Gasteiger partial charge >= 0.3 is 6.18 Å². The lowest BCUT2D eigenvalue weighted by atomic mass is 10.1. The molecule has 0 aliphatic rings. The summed E-state index contributed by atoms with van der Waals surface area (Å²) in [5.41, 5.74) is 5.76. The summed E-state index contributed by atoms with van der Waals surface area (Å²) in [4.78, 5) is 1.00. The van der Waals surface area contributed by atoms with E-state index in [4.69, 9.17) is 10.9 Å². The first-order valence-corrected chi connectivity index (χ1v) is 5.24. The molecule has 1 aromatic rings. The molecule has 0 spiro atoms. The van der Waals surface area contributed by atoms with Gasteiger partial charge in [-0.3, -0.25) is 4.90 Å². The first kappa shape index (κ1) is 15.2. The van der Waals surface area contributed by atoms with Gasteiger partial charge in [0.15, 0.2) is 5.84 Å². The lowest BCUT2D eigenvalue weighted by molar-refractivity contribution is -0.144. The molecule has 0 bridgehead atoms. The number of nitrogens with zero attached hydrogens (tertiary/aromatic N) is 2. The minimum atomic E-state index is -4.33. The molecule has 4 nitrogen and oxygen atoms in total. The molecule has 0 radical (unpaired) electrons. The first-order valence-electron chi connectivity index (χ1n) is 5.24. The second-order valence-electron chi connectivity index (χ2n) is 4.07. The molecule has 1 aromatic carbocycles. The van der Waals surface area contributed by atoms with Gasteiger partial charge in [0.2, 0.25) is 0 Å². The molecule has 106 valence electrons. The third-order valence-corrected chi connectivity index (χ3v) is 2.35. The SMILES string of the molecule is CN(Cc1ccc(F)cc1/C(N)=N/O)CC(F)(F)F. The van der Waals surface area contributed by atoms with Gasteiger partial charge in [-0.1, -0.05) is 11.2 Å². The number of rotatable bonds is 4. The van der Waals surface area contributed by atoms with Crippen molar-refractivity contribution < 1.29 is 22.8 Å². The summed E-state index contributed by atoms with van der Waals surface area (Å²) in [6.07, 6.45) is -4.33. The lowest BCUT2D eigenvalue weighted by Gasteiger charge is -2.20. The molecule has 0 aliphatic heterocycles. The van der Waals surface area contributed by atoms with Gasteiger partial charge in [-0.15, -0.1) is 0 Å². The Labute approximate surface area is 107 Å². The molecule has 0 aliphatic carbocycles. The number of oxime groups is 1. The van der Waals surface area contributed by atoms with E-state index in [-0.39, 0.29) is 17.9 Å². The van der Waals surface area contributed by atoms with E-state index in [2.05, 4.69) is 5.16 Å². The zero-order valence-corrected chi connectivity index (χ0v) is 10.1. The molecule has 0 atom stereocenters. The molecule has 0 aromatic heterocycles. The Morgan fingerprint density at radius 1 is 1.42 bits per heavy atom. The van der Waals surface area contributed by atoms with Gasteiger partial charge in [0.1, 0.15) is 5.82 Å². The number of hydrogen-bond donors (Lipinski definition) is 2. The van der Waals surface area contributed by atoms with Gasteiger partial charge in [0.25, 0.3) is 0 Å². The van der Waals surface area contributed by atoms with Gasteiger partial charge in [-0.2, -0.15) is 13.2 Å². The van der Waals surface area contributed by atoms with Crippen molar-refractivity contribution in [1.29, 1.82) is 0 Å². The summed E-state index contributed by atoms with van der Waals surface area (Å²) in [6.45, 7) is -1.22. The highest BCUT2D eigenvalue weighted by Crippen LogP contribution is 2.18. The summed E-state index contributed by atoms with van der Waals surface area (Å²) < 4.78 is 49.7. The lowest BCUT2D eigenvalue weighted by Crippen LogP contribution is -2.31. The molecule has 8 heteroatoms. The average Bonchev–Trinajstić information content (AvgIpc) is 2.28. The summed E-state index contributed by atoms with van der Waals surface area (Å²) in [6, 6.07) is 3.41. The van der Waals surface area contributed by atoms with E-state index in [1.807, 2.05) is 0 Å². The van der Waals surface area contributed by atoms with E-state index >= 15 is 0 Å². The minimum Gasteiger partial charge on any atom is -0.409 e. The Kier molecular flexibility index (Phi) is 4.71. The standard InChI is InChI=1S/C11H13F4N3O/c1-18(6-11(13,14)15)5-7-2-3-8(12)4-9(7)10(16)17-19/h2-4,19H,5-6H2,1H3,(H2,16,17). The zero-order chi connectivity index (χ0) is 14.6. The number of alkyl halides is 3. The van der Waals surface area contributed by atoms with Crippen LogP contribution in [0.15, 0.2) is 23.4 Å². The Morgan fingerprint density at radius 2 is 2.05 bits per heavy atom. The quantitative estimate of drug-likeness (QED) is 0.291. The molecule has 0 fully saturated rings. The van der Waals surface area contributed by atoms with Gasteiger partial charge in [-0.25, -0.2) is 4.39 Å². The van der Waals surface area contributed by atoms with Crippen molar-refractivity contribution in [2.24, 2.45) is 10.9 Å². The van der Waals surface area contributed by atoms with Crippen LogP contribution in [0.3, 0.4) is 0 Å². The van der Waals surface area contributed by atoms with Crippen molar-refractivity contribution in [3.63, 3.8) is 0 Å². The monoisotopic (exact) mass is 279 g/mol. The van der Waals surface area contributed by atoms with E-state index in [0.717, 1.165) is 17.0 Å². The van der Waals surface area contributed by atoms with Gasteiger partial charge in [-0.05, 0) is 24.7 Å². The second kappa shape index (κ2) is 5.87. The number of halogens is 4. The number of nitrogens with two attached hydrogens (primary N) is 1. The fourth-order valence-electron chi connectivity index (χ4n) is 1.63. The maximum absolute atomic E-state index is 13.1. The van der Waals surface area contributed by atoms with Gasteiger partial charge in [0, 0.05) is 12.1 Å².